The summed E-state index contributed by atoms with van der Waals surface area (Å²) in [6, 6.07) is 16.2. The molecule has 0 saturated carbocycles. The van der Waals surface area contributed by atoms with Gasteiger partial charge in [0.2, 0.25) is 0 Å². The van der Waals surface area contributed by atoms with Gasteiger partial charge in [0.05, 0.1) is 12.6 Å². The van der Waals surface area contributed by atoms with Crippen LogP contribution in [-0.2, 0) is 6.54 Å². The van der Waals surface area contributed by atoms with Crippen LogP contribution in [0.25, 0.3) is 10.9 Å². The van der Waals surface area contributed by atoms with Crippen LogP contribution in [0.3, 0.4) is 0 Å². The van der Waals surface area contributed by atoms with Crippen LogP contribution >= 0.6 is 0 Å². The summed E-state index contributed by atoms with van der Waals surface area (Å²) in [6.45, 7) is 0.830. The molecule has 3 heteroatoms. The van der Waals surface area contributed by atoms with Gasteiger partial charge in [0.1, 0.15) is 5.75 Å². The second-order valence-electron chi connectivity index (χ2n) is 4.58. The van der Waals surface area contributed by atoms with E-state index >= 15 is 0 Å². The third-order valence-corrected chi connectivity index (χ3v) is 3.33. The van der Waals surface area contributed by atoms with E-state index in [0.29, 0.717) is 0 Å². The average Bonchev–Trinajstić information content (AvgIpc) is 2.84. The zero-order valence-corrected chi connectivity index (χ0v) is 10.8. The first-order valence-corrected chi connectivity index (χ1v) is 6.24. The van der Waals surface area contributed by atoms with Crippen LogP contribution in [0, 0.1) is 0 Å². The van der Waals surface area contributed by atoms with Crippen molar-refractivity contribution in [3.05, 3.63) is 60.3 Å². The lowest BCUT2D eigenvalue weighted by Gasteiger charge is -2.07. The fraction of sp³-hybridized carbons (Fsp3) is 0.125. The maximum absolute atomic E-state index is 5.71. The van der Waals surface area contributed by atoms with E-state index in [2.05, 4.69) is 35.0 Å². The molecule has 19 heavy (non-hydrogen) atoms. The molecule has 1 aromatic heterocycles. The molecule has 0 saturated heterocycles. The van der Waals surface area contributed by atoms with Gasteiger partial charge in [0, 0.05) is 23.8 Å². The third-order valence-electron chi connectivity index (χ3n) is 3.33. The van der Waals surface area contributed by atoms with Crippen molar-refractivity contribution < 1.29 is 4.74 Å². The van der Waals surface area contributed by atoms with Crippen LogP contribution in [0.2, 0.25) is 0 Å². The number of nitrogens with zero attached hydrogens (tertiary/aromatic N) is 1. The van der Waals surface area contributed by atoms with Crippen molar-refractivity contribution in [2.45, 2.75) is 6.54 Å². The Morgan fingerprint density at radius 3 is 2.58 bits per heavy atom. The Balaban J connectivity index is 1.99. The van der Waals surface area contributed by atoms with Crippen molar-refractivity contribution >= 4 is 16.6 Å². The molecule has 0 radical (unpaired) electrons. The number of methoxy groups -OCH3 is 1. The highest BCUT2D eigenvalue weighted by atomic mass is 16.5. The number of rotatable bonds is 3. The van der Waals surface area contributed by atoms with E-state index in [1.807, 2.05) is 24.3 Å². The predicted octanol–water partition coefficient (Wildman–Crippen LogP) is 3.28. The Hall–Kier alpha value is -2.42. The molecule has 96 valence electrons. The van der Waals surface area contributed by atoms with Gasteiger partial charge in [-0.1, -0.05) is 18.2 Å². The van der Waals surface area contributed by atoms with Crippen molar-refractivity contribution in [1.29, 1.82) is 0 Å². The second-order valence-corrected chi connectivity index (χ2v) is 4.58. The molecule has 0 atom stereocenters. The van der Waals surface area contributed by atoms with Crippen LogP contribution in [0.1, 0.15) is 5.56 Å². The number of benzene rings is 2. The topological polar surface area (TPSA) is 40.2 Å². The van der Waals surface area contributed by atoms with Crippen molar-refractivity contribution in [1.82, 2.24) is 4.57 Å². The summed E-state index contributed by atoms with van der Waals surface area (Å²) < 4.78 is 7.59. The molecule has 0 aliphatic rings. The summed E-state index contributed by atoms with van der Waals surface area (Å²) in [6.07, 6.45) is 2.09. The van der Waals surface area contributed by atoms with Crippen molar-refractivity contribution in [3.63, 3.8) is 0 Å². The zero-order valence-electron chi connectivity index (χ0n) is 10.8. The number of nitrogen functional groups attached to an aromatic ring is 1. The lowest BCUT2D eigenvalue weighted by Crippen LogP contribution is -1.98. The van der Waals surface area contributed by atoms with Crippen LogP contribution < -0.4 is 10.5 Å². The van der Waals surface area contributed by atoms with Crippen molar-refractivity contribution in [3.8, 4) is 5.75 Å². The Labute approximate surface area is 112 Å². The van der Waals surface area contributed by atoms with E-state index < -0.39 is 0 Å². The van der Waals surface area contributed by atoms with Gasteiger partial charge in [-0.2, -0.15) is 0 Å². The van der Waals surface area contributed by atoms with Gasteiger partial charge in [-0.05, 0) is 35.9 Å². The largest absolute Gasteiger partial charge is 0.496 e. The molecule has 0 aliphatic heterocycles. The Morgan fingerprint density at radius 1 is 1.05 bits per heavy atom. The van der Waals surface area contributed by atoms with Gasteiger partial charge in [-0.25, -0.2) is 0 Å². The number of fused-ring (bicyclic) bond motifs is 1. The fourth-order valence-corrected chi connectivity index (χ4v) is 2.33. The van der Waals surface area contributed by atoms with Gasteiger partial charge < -0.3 is 15.0 Å². The standard InChI is InChI=1S/C16H16N2O/c1-19-16-4-2-3-15-14(16)9-10-18(15)11-12-5-7-13(17)8-6-12/h2-10H,11,17H2,1H3. The number of ether oxygens (including phenoxy) is 1. The van der Waals surface area contributed by atoms with E-state index in [0.717, 1.165) is 23.4 Å². The van der Waals surface area contributed by atoms with Gasteiger partial charge in [0.25, 0.3) is 0 Å². The van der Waals surface area contributed by atoms with Gasteiger partial charge in [0.15, 0.2) is 0 Å². The van der Waals surface area contributed by atoms with Crippen LogP contribution in [-0.4, -0.2) is 11.7 Å². The number of aromatic nitrogens is 1. The third kappa shape index (κ3) is 2.15. The number of hydrogen-bond acceptors (Lipinski definition) is 2. The summed E-state index contributed by atoms with van der Waals surface area (Å²) in [5.41, 5.74) is 8.91. The predicted molar refractivity (Wildman–Crippen MR) is 78.4 cm³/mol. The normalized spacial score (nSPS) is 10.8. The smallest absolute Gasteiger partial charge is 0.128 e. The molecule has 1 heterocycles. The molecule has 2 N–H and O–H groups in total. The summed E-state index contributed by atoms with van der Waals surface area (Å²) in [7, 11) is 1.70. The minimum Gasteiger partial charge on any atom is -0.496 e. The monoisotopic (exact) mass is 252 g/mol. The average molecular weight is 252 g/mol. The minimum absolute atomic E-state index is 0.794. The molecule has 0 aliphatic carbocycles. The highest BCUT2D eigenvalue weighted by Crippen LogP contribution is 2.26. The molecule has 2 aromatic carbocycles. The minimum atomic E-state index is 0.794. The Morgan fingerprint density at radius 2 is 1.84 bits per heavy atom. The highest BCUT2D eigenvalue weighted by Gasteiger charge is 2.05. The first-order chi connectivity index (χ1) is 9.28. The Kier molecular flexibility index (Phi) is 2.88. The SMILES string of the molecule is COc1cccc2c1ccn2Cc1ccc(N)cc1. The molecule has 0 amide bonds. The zero-order chi connectivity index (χ0) is 13.2. The molecule has 0 bridgehead atoms. The van der Waals surface area contributed by atoms with Crippen LogP contribution in [0.4, 0.5) is 5.69 Å². The van der Waals surface area contributed by atoms with E-state index in [-0.39, 0.29) is 0 Å². The van der Waals surface area contributed by atoms with Gasteiger partial charge >= 0.3 is 0 Å². The van der Waals surface area contributed by atoms with Crippen LogP contribution in [0.5, 0.6) is 5.75 Å². The number of nitrogens with two attached hydrogens (primary N) is 1. The molecule has 0 unspecified atom stereocenters. The first-order valence-electron chi connectivity index (χ1n) is 6.24. The van der Waals surface area contributed by atoms with E-state index in [1.165, 1.54) is 11.1 Å². The molecular formula is C16H16N2O. The molecule has 3 nitrogen and oxygen atoms in total. The molecule has 3 aromatic rings. The quantitative estimate of drug-likeness (QED) is 0.727. The van der Waals surface area contributed by atoms with Crippen LogP contribution in [0.15, 0.2) is 54.7 Å². The van der Waals surface area contributed by atoms with Gasteiger partial charge in [-0.3, -0.25) is 0 Å². The molecule has 0 fully saturated rings. The number of anilines is 1. The molecular weight excluding hydrogens is 236 g/mol. The Bertz CT molecular complexity index is 698. The molecule has 0 spiro atoms. The summed E-state index contributed by atoms with van der Waals surface area (Å²) in [5, 5.41) is 1.14. The van der Waals surface area contributed by atoms with E-state index in [4.69, 9.17) is 10.5 Å². The van der Waals surface area contributed by atoms with E-state index in [1.54, 1.807) is 7.11 Å². The van der Waals surface area contributed by atoms with Crippen molar-refractivity contribution in [2.75, 3.05) is 12.8 Å². The maximum Gasteiger partial charge on any atom is 0.128 e. The second kappa shape index (κ2) is 4.69. The fourth-order valence-electron chi connectivity index (χ4n) is 2.33. The lowest BCUT2D eigenvalue weighted by atomic mass is 10.2. The summed E-state index contributed by atoms with van der Waals surface area (Å²) in [5.74, 6) is 0.911. The molecule has 3 rings (SSSR count). The summed E-state index contributed by atoms with van der Waals surface area (Å²) in [4.78, 5) is 0. The van der Waals surface area contributed by atoms with E-state index in [9.17, 15) is 0 Å². The number of hydrogen-bond donors (Lipinski definition) is 1. The first kappa shape index (κ1) is 11.7. The van der Waals surface area contributed by atoms with Gasteiger partial charge in [-0.15, -0.1) is 0 Å². The van der Waals surface area contributed by atoms with Crippen molar-refractivity contribution in [2.24, 2.45) is 0 Å². The maximum atomic E-state index is 5.71. The highest BCUT2D eigenvalue weighted by molar-refractivity contribution is 5.86. The lowest BCUT2D eigenvalue weighted by molar-refractivity contribution is 0.420. The summed E-state index contributed by atoms with van der Waals surface area (Å²) >= 11 is 0.